The zero-order chi connectivity index (χ0) is 19.9. The minimum absolute atomic E-state index is 0. The number of amides is 1. The maximum absolute atomic E-state index is 11.0. The van der Waals surface area contributed by atoms with Gasteiger partial charge in [0.1, 0.15) is 5.82 Å². The van der Waals surface area contributed by atoms with E-state index >= 15 is 0 Å². The maximum Gasteiger partial charge on any atom is 0.267 e. The number of nitrogens with zero attached hydrogens (tertiary/aromatic N) is 1. The summed E-state index contributed by atoms with van der Waals surface area (Å²) in [6.07, 6.45) is 5.81. The lowest BCUT2D eigenvalue weighted by atomic mass is 10.1. The smallest absolute Gasteiger partial charge is 0.267 e. The number of benzene rings is 2. The molecule has 0 fully saturated rings. The zero-order valence-electron chi connectivity index (χ0n) is 16.6. The molecule has 0 aliphatic heterocycles. The summed E-state index contributed by atoms with van der Waals surface area (Å²) in [5.41, 5.74) is 6.67. The van der Waals surface area contributed by atoms with Gasteiger partial charge in [0.05, 0.1) is 11.0 Å². The molecule has 2 aromatic carbocycles. The van der Waals surface area contributed by atoms with Crippen molar-refractivity contribution in [2.45, 2.75) is 39.2 Å². The molecule has 0 bridgehead atoms. The van der Waals surface area contributed by atoms with E-state index in [1.807, 2.05) is 30.3 Å². The van der Waals surface area contributed by atoms with Gasteiger partial charge in [-0.25, -0.2) is 10.5 Å². The van der Waals surface area contributed by atoms with Gasteiger partial charge in [0, 0.05) is 24.2 Å². The monoisotopic (exact) mass is 414 g/mol. The molecule has 6 nitrogen and oxygen atoms in total. The summed E-state index contributed by atoms with van der Waals surface area (Å²) in [5, 5.41) is 12.1. The molecular weight excluding hydrogens is 388 g/mol. The molecule has 0 saturated heterocycles. The van der Waals surface area contributed by atoms with E-state index in [1.54, 1.807) is 11.6 Å². The SMILES string of the molecule is CCC(CC)Nc1ccc2nc(Cc3ccc(/C=C/C(=O)NO)cc3)[nH]c2c1.Cl. The van der Waals surface area contributed by atoms with E-state index in [2.05, 4.69) is 41.3 Å². The summed E-state index contributed by atoms with van der Waals surface area (Å²) in [4.78, 5) is 19.1. The van der Waals surface area contributed by atoms with E-state index in [9.17, 15) is 4.79 Å². The molecule has 154 valence electrons. The van der Waals surface area contributed by atoms with Gasteiger partial charge < -0.3 is 10.3 Å². The number of carbonyl (C=O) groups excluding carboxylic acids is 1. The second-order valence-corrected chi connectivity index (χ2v) is 6.80. The molecule has 1 heterocycles. The van der Waals surface area contributed by atoms with Crippen LogP contribution in [0.2, 0.25) is 0 Å². The topological polar surface area (TPSA) is 90.0 Å². The van der Waals surface area contributed by atoms with Gasteiger partial charge in [-0.15, -0.1) is 12.4 Å². The largest absolute Gasteiger partial charge is 0.382 e. The number of hydrogen-bond donors (Lipinski definition) is 4. The van der Waals surface area contributed by atoms with Crippen LogP contribution in [-0.2, 0) is 11.2 Å². The van der Waals surface area contributed by atoms with E-state index in [-0.39, 0.29) is 12.4 Å². The van der Waals surface area contributed by atoms with Crippen molar-refractivity contribution in [1.29, 1.82) is 0 Å². The molecule has 0 aliphatic carbocycles. The van der Waals surface area contributed by atoms with Crippen LogP contribution in [0, 0.1) is 0 Å². The highest BCUT2D eigenvalue weighted by atomic mass is 35.5. The van der Waals surface area contributed by atoms with Crippen molar-refractivity contribution in [2.75, 3.05) is 5.32 Å². The molecule has 0 radical (unpaired) electrons. The number of nitrogens with one attached hydrogen (secondary N) is 3. The standard InChI is InChI=1S/C22H26N4O2.ClH/c1-3-17(4-2)23-18-10-11-19-20(14-18)25-21(24-19)13-16-7-5-15(6-8-16)9-12-22(27)26-28;/h5-12,14,17,23,28H,3-4,13H2,1-2H3,(H,24,25)(H,26,27);1H/b12-9+;. The lowest BCUT2D eigenvalue weighted by Gasteiger charge is -2.15. The lowest BCUT2D eigenvalue weighted by molar-refractivity contribution is -0.124. The van der Waals surface area contributed by atoms with E-state index in [0.29, 0.717) is 12.5 Å². The van der Waals surface area contributed by atoms with Crippen molar-refractivity contribution in [3.8, 4) is 0 Å². The number of hydrogen-bond acceptors (Lipinski definition) is 4. The molecular formula is C22H27ClN4O2. The fourth-order valence-electron chi connectivity index (χ4n) is 3.11. The average Bonchev–Trinajstić information content (AvgIpc) is 3.12. The van der Waals surface area contributed by atoms with E-state index in [1.165, 1.54) is 6.08 Å². The Morgan fingerprint density at radius 2 is 1.90 bits per heavy atom. The van der Waals surface area contributed by atoms with Crippen LogP contribution in [0.4, 0.5) is 5.69 Å². The van der Waals surface area contributed by atoms with Gasteiger partial charge >= 0.3 is 0 Å². The van der Waals surface area contributed by atoms with Gasteiger partial charge in [0.25, 0.3) is 5.91 Å². The molecule has 1 aromatic heterocycles. The second-order valence-electron chi connectivity index (χ2n) is 6.80. The summed E-state index contributed by atoms with van der Waals surface area (Å²) in [5.74, 6) is 0.363. The minimum Gasteiger partial charge on any atom is -0.382 e. The fraction of sp³-hybridized carbons (Fsp3) is 0.273. The molecule has 3 rings (SSSR count). The van der Waals surface area contributed by atoms with Gasteiger partial charge in [-0.3, -0.25) is 10.0 Å². The van der Waals surface area contributed by atoms with Crippen molar-refractivity contribution < 1.29 is 10.0 Å². The van der Waals surface area contributed by atoms with Crippen LogP contribution < -0.4 is 10.8 Å². The van der Waals surface area contributed by atoms with E-state index in [0.717, 1.165) is 46.5 Å². The first-order chi connectivity index (χ1) is 13.6. The Labute approximate surface area is 176 Å². The average molecular weight is 415 g/mol. The van der Waals surface area contributed by atoms with Crippen LogP contribution in [0.15, 0.2) is 48.5 Å². The Morgan fingerprint density at radius 3 is 2.55 bits per heavy atom. The summed E-state index contributed by atoms with van der Waals surface area (Å²) in [6.45, 7) is 4.38. The van der Waals surface area contributed by atoms with Gasteiger partial charge in [0.15, 0.2) is 0 Å². The van der Waals surface area contributed by atoms with Crippen LogP contribution in [-0.4, -0.2) is 27.1 Å². The van der Waals surface area contributed by atoms with Crippen molar-refractivity contribution in [3.63, 3.8) is 0 Å². The number of imidazole rings is 1. The third-order valence-corrected chi connectivity index (χ3v) is 4.78. The van der Waals surface area contributed by atoms with Crippen molar-refractivity contribution >= 4 is 41.1 Å². The highest BCUT2D eigenvalue weighted by molar-refractivity contribution is 5.90. The number of hydroxylamine groups is 1. The van der Waals surface area contributed by atoms with Gasteiger partial charge in [0.2, 0.25) is 0 Å². The number of rotatable bonds is 8. The number of aromatic amines is 1. The third kappa shape index (κ3) is 6.07. The molecule has 0 atom stereocenters. The Morgan fingerprint density at radius 1 is 1.17 bits per heavy atom. The van der Waals surface area contributed by atoms with Crippen LogP contribution >= 0.6 is 12.4 Å². The van der Waals surface area contributed by atoms with E-state index in [4.69, 9.17) is 5.21 Å². The van der Waals surface area contributed by atoms with Gasteiger partial charge in [-0.05, 0) is 48.2 Å². The predicted octanol–water partition coefficient (Wildman–Crippen LogP) is 4.69. The zero-order valence-corrected chi connectivity index (χ0v) is 17.4. The molecule has 7 heteroatoms. The van der Waals surface area contributed by atoms with Gasteiger partial charge in [-0.2, -0.15) is 0 Å². The van der Waals surface area contributed by atoms with Crippen molar-refractivity contribution in [3.05, 3.63) is 65.5 Å². The predicted molar refractivity (Wildman–Crippen MR) is 120 cm³/mol. The first kappa shape index (κ1) is 22.5. The Bertz CT molecular complexity index is 963. The highest BCUT2D eigenvalue weighted by Crippen LogP contribution is 2.20. The third-order valence-electron chi connectivity index (χ3n) is 4.78. The fourth-order valence-corrected chi connectivity index (χ4v) is 3.11. The minimum atomic E-state index is -0.551. The highest BCUT2D eigenvalue weighted by Gasteiger charge is 2.07. The number of aromatic nitrogens is 2. The van der Waals surface area contributed by atoms with Crippen LogP contribution in [0.25, 0.3) is 17.1 Å². The quantitative estimate of drug-likeness (QED) is 0.244. The van der Waals surface area contributed by atoms with Crippen LogP contribution in [0.3, 0.4) is 0 Å². The second kappa shape index (κ2) is 10.6. The van der Waals surface area contributed by atoms with Gasteiger partial charge in [-0.1, -0.05) is 38.1 Å². The maximum atomic E-state index is 11.0. The Kier molecular flexibility index (Phi) is 8.24. The number of halogens is 1. The first-order valence-corrected chi connectivity index (χ1v) is 9.57. The first-order valence-electron chi connectivity index (χ1n) is 9.57. The van der Waals surface area contributed by atoms with Crippen molar-refractivity contribution in [1.82, 2.24) is 15.4 Å². The lowest BCUT2D eigenvalue weighted by Crippen LogP contribution is -2.16. The molecule has 0 spiro atoms. The van der Waals surface area contributed by atoms with Crippen LogP contribution in [0.1, 0.15) is 43.6 Å². The molecule has 3 aromatic rings. The van der Waals surface area contributed by atoms with Crippen molar-refractivity contribution in [2.24, 2.45) is 0 Å². The molecule has 0 saturated carbocycles. The van der Waals surface area contributed by atoms with Crippen LogP contribution in [0.5, 0.6) is 0 Å². The number of carbonyl (C=O) groups is 1. The summed E-state index contributed by atoms with van der Waals surface area (Å²) < 4.78 is 0. The molecule has 0 unspecified atom stereocenters. The number of fused-ring (bicyclic) bond motifs is 1. The Balaban J connectivity index is 0.00000300. The number of anilines is 1. The number of H-pyrrole nitrogens is 1. The molecule has 1 amide bonds. The molecule has 29 heavy (non-hydrogen) atoms. The molecule has 4 N–H and O–H groups in total. The molecule has 0 aliphatic rings. The normalized spacial score (nSPS) is 11.0. The van der Waals surface area contributed by atoms with E-state index < -0.39 is 5.91 Å². The Hall–Kier alpha value is -2.83. The summed E-state index contributed by atoms with van der Waals surface area (Å²) in [6, 6.07) is 14.6. The summed E-state index contributed by atoms with van der Waals surface area (Å²) in [7, 11) is 0. The summed E-state index contributed by atoms with van der Waals surface area (Å²) >= 11 is 0.